The van der Waals surface area contributed by atoms with Gasteiger partial charge in [0, 0.05) is 26.2 Å². The van der Waals surface area contributed by atoms with E-state index < -0.39 is 8.07 Å². The van der Waals surface area contributed by atoms with E-state index in [1.54, 1.807) is 0 Å². The van der Waals surface area contributed by atoms with Gasteiger partial charge in [0.2, 0.25) is 0 Å². The second kappa shape index (κ2) is 8.80. The van der Waals surface area contributed by atoms with Crippen LogP contribution in [0.2, 0.25) is 19.6 Å². The van der Waals surface area contributed by atoms with Gasteiger partial charge >= 0.3 is 0 Å². The summed E-state index contributed by atoms with van der Waals surface area (Å²) in [5, 5.41) is 4.14. The van der Waals surface area contributed by atoms with Gasteiger partial charge in [-0.05, 0) is 70.5 Å². The molecule has 28 heavy (non-hydrogen) atoms. The van der Waals surface area contributed by atoms with Crippen LogP contribution in [0.3, 0.4) is 0 Å². The van der Waals surface area contributed by atoms with Crippen LogP contribution < -0.4 is 15.6 Å². The third kappa shape index (κ3) is 4.77. The SMILES string of the molecule is Cc1cc(-c2ccc([Si](C)(C)C)cc2)c2c(c1)=[C]C(=CC1CCCCC1)C=2.[Zr]. The molecule has 0 N–H and O–H groups in total. The van der Waals surface area contributed by atoms with Gasteiger partial charge in [0.1, 0.15) is 0 Å². The van der Waals surface area contributed by atoms with Crippen molar-refractivity contribution in [3.05, 3.63) is 64.0 Å². The minimum atomic E-state index is -1.25. The molecule has 0 unspecified atom stereocenters. The average molecular weight is 463 g/mol. The molecule has 1 radical (unpaired) electrons. The summed E-state index contributed by atoms with van der Waals surface area (Å²) in [7, 11) is -1.25. The predicted molar refractivity (Wildman–Crippen MR) is 121 cm³/mol. The molecule has 0 nitrogen and oxygen atoms in total. The van der Waals surface area contributed by atoms with E-state index in [9.17, 15) is 0 Å². The van der Waals surface area contributed by atoms with E-state index in [-0.39, 0.29) is 26.2 Å². The Hall–Kier alpha value is -0.980. The van der Waals surface area contributed by atoms with E-state index in [1.165, 1.54) is 70.0 Å². The number of rotatable bonds is 3. The van der Waals surface area contributed by atoms with Gasteiger partial charge in [-0.15, -0.1) is 0 Å². The van der Waals surface area contributed by atoms with Crippen molar-refractivity contribution in [2.45, 2.75) is 58.7 Å². The number of benzene rings is 2. The third-order valence-electron chi connectivity index (χ3n) is 6.03. The summed E-state index contributed by atoms with van der Waals surface area (Å²) < 4.78 is 0. The van der Waals surface area contributed by atoms with Crippen LogP contribution in [0.4, 0.5) is 0 Å². The van der Waals surface area contributed by atoms with Crippen LogP contribution in [-0.4, -0.2) is 8.07 Å². The first-order valence-corrected chi connectivity index (χ1v) is 14.0. The topological polar surface area (TPSA) is 0 Å². The fraction of sp³-hybridized carbons (Fsp3) is 0.385. The molecule has 0 atom stereocenters. The Kier molecular flexibility index (Phi) is 6.83. The van der Waals surface area contributed by atoms with E-state index in [1.807, 2.05) is 0 Å². The van der Waals surface area contributed by atoms with Crippen molar-refractivity contribution < 1.29 is 26.2 Å². The Balaban J connectivity index is 0.00000225. The van der Waals surface area contributed by atoms with Gasteiger partial charge in [0.05, 0.1) is 8.07 Å². The first-order valence-electron chi connectivity index (χ1n) is 10.5. The van der Waals surface area contributed by atoms with Crippen molar-refractivity contribution in [2.24, 2.45) is 5.92 Å². The molecule has 0 spiro atoms. The zero-order valence-corrected chi connectivity index (χ0v) is 21.2. The molecule has 1 fully saturated rings. The standard InChI is InChI=1S/C26H31Si.Zr/c1-19-14-23-17-21(16-20-8-6-5-7-9-20)18-26(23)25(15-19)22-10-12-24(13-11-22)27(2,3)4;/h10-16,18,20H,5-9H2,1-4H3;. The van der Waals surface area contributed by atoms with Crippen LogP contribution >= 0.6 is 0 Å². The van der Waals surface area contributed by atoms with Gasteiger partial charge in [-0.25, -0.2) is 0 Å². The molecular formula is C26H31SiZr. The summed E-state index contributed by atoms with van der Waals surface area (Å²) in [5.41, 5.74) is 5.29. The Bertz CT molecular complexity index is 984. The summed E-state index contributed by atoms with van der Waals surface area (Å²) in [6.45, 7) is 9.43. The smallest absolute Gasteiger partial charge is 0.0735 e. The van der Waals surface area contributed by atoms with Crippen molar-refractivity contribution in [1.82, 2.24) is 0 Å². The summed E-state index contributed by atoms with van der Waals surface area (Å²) in [4.78, 5) is 0. The minimum absolute atomic E-state index is 0. The molecule has 0 saturated heterocycles. The van der Waals surface area contributed by atoms with Crippen LogP contribution in [0.15, 0.2) is 48.0 Å². The molecule has 0 heterocycles. The fourth-order valence-corrected chi connectivity index (χ4v) is 5.60. The third-order valence-corrected chi connectivity index (χ3v) is 8.10. The quantitative estimate of drug-likeness (QED) is 0.553. The van der Waals surface area contributed by atoms with Crippen LogP contribution in [-0.2, 0) is 26.2 Å². The Morgan fingerprint density at radius 3 is 2.29 bits per heavy atom. The minimum Gasteiger partial charge on any atom is -0.0735 e. The second-order valence-corrected chi connectivity index (χ2v) is 14.5. The van der Waals surface area contributed by atoms with Crippen molar-refractivity contribution in [3.8, 4) is 11.1 Å². The molecule has 0 aromatic heterocycles. The maximum Gasteiger partial charge on any atom is 0.0775 e. The first-order chi connectivity index (χ1) is 12.9. The van der Waals surface area contributed by atoms with E-state index in [4.69, 9.17) is 0 Å². The molecule has 2 aromatic carbocycles. The molecule has 2 aliphatic rings. The Labute approximate surface area is 190 Å². The molecule has 2 aromatic rings. The first kappa shape index (κ1) is 21.7. The van der Waals surface area contributed by atoms with Crippen molar-refractivity contribution in [3.63, 3.8) is 0 Å². The maximum atomic E-state index is 3.68. The van der Waals surface area contributed by atoms with Gasteiger partial charge in [-0.1, -0.05) is 86.6 Å². The Morgan fingerprint density at radius 1 is 0.964 bits per heavy atom. The van der Waals surface area contributed by atoms with Crippen molar-refractivity contribution in [2.75, 3.05) is 0 Å². The number of aryl methyl sites for hydroxylation is 1. The van der Waals surface area contributed by atoms with Gasteiger partial charge in [0.15, 0.2) is 0 Å². The molecule has 0 amide bonds. The van der Waals surface area contributed by atoms with Gasteiger partial charge < -0.3 is 0 Å². The van der Waals surface area contributed by atoms with Gasteiger partial charge in [-0.3, -0.25) is 0 Å². The van der Waals surface area contributed by atoms with Crippen LogP contribution in [0.5, 0.6) is 0 Å². The predicted octanol–water partition coefficient (Wildman–Crippen LogP) is 5.16. The number of hydrogen-bond acceptors (Lipinski definition) is 0. The molecular weight excluding hydrogens is 432 g/mol. The molecule has 143 valence electrons. The van der Waals surface area contributed by atoms with Gasteiger partial charge in [-0.2, -0.15) is 0 Å². The fourth-order valence-electron chi connectivity index (χ4n) is 4.44. The molecule has 2 heteroatoms. The number of allylic oxidation sites excluding steroid dienone is 2. The normalized spacial score (nSPS) is 18.2. The van der Waals surface area contributed by atoms with Gasteiger partial charge in [0.25, 0.3) is 0 Å². The van der Waals surface area contributed by atoms with Crippen LogP contribution in [0.25, 0.3) is 23.3 Å². The van der Waals surface area contributed by atoms with E-state index >= 15 is 0 Å². The van der Waals surface area contributed by atoms with E-state index in [0.717, 1.165) is 5.92 Å². The van der Waals surface area contributed by atoms with Crippen molar-refractivity contribution in [1.29, 1.82) is 0 Å². The molecule has 2 aliphatic carbocycles. The number of fused-ring (bicyclic) bond motifs is 1. The Morgan fingerprint density at radius 2 is 1.64 bits per heavy atom. The van der Waals surface area contributed by atoms with Crippen molar-refractivity contribution >= 4 is 25.4 Å². The van der Waals surface area contributed by atoms with E-state index in [2.05, 4.69) is 81.2 Å². The second-order valence-electron chi connectivity index (χ2n) is 9.39. The number of hydrogen-bond donors (Lipinski definition) is 0. The van der Waals surface area contributed by atoms with E-state index in [0.29, 0.717) is 0 Å². The zero-order chi connectivity index (χ0) is 19.0. The summed E-state index contributed by atoms with van der Waals surface area (Å²) in [6, 6.07) is 13.9. The summed E-state index contributed by atoms with van der Waals surface area (Å²) in [6.07, 6.45) is 15.4. The summed E-state index contributed by atoms with van der Waals surface area (Å²) in [5.74, 6) is 0.743. The zero-order valence-electron chi connectivity index (χ0n) is 17.7. The largest absolute Gasteiger partial charge is 0.0775 e. The van der Waals surface area contributed by atoms with Crippen LogP contribution in [0, 0.1) is 12.8 Å². The average Bonchev–Trinajstić information content (AvgIpc) is 3.03. The maximum absolute atomic E-state index is 3.68. The molecule has 0 bridgehead atoms. The monoisotopic (exact) mass is 461 g/mol. The summed E-state index contributed by atoms with van der Waals surface area (Å²) >= 11 is 0. The molecule has 0 aliphatic heterocycles. The van der Waals surface area contributed by atoms with Crippen LogP contribution in [0.1, 0.15) is 37.7 Å². The molecule has 4 rings (SSSR count). The molecule has 1 saturated carbocycles.